The third-order valence-corrected chi connectivity index (χ3v) is 6.55. The summed E-state index contributed by atoms with van der Waals surface area (Å²) in [6.45, 7) is 1.75. The molecule has 0 radical (unpaired) electrons. The minimum Gasteiger partial charge on any atom is -0.490 e. The molecule has 3 aliphatic rings. The molecule has 0 amide bonds. The fourth-order valence-electron chi connectivity index (χ4n) is 4.83. The van der Waals surface area contributed by atoms with Crippen LogP contribution in [0.4, 0.5) is 11.5 Å². The summed E-state index contributed by atoms with van der Waals surface area (Å²) in [6, 6.07) is 7.59. The van der Waals surface area contributed by atoms with Crippen molar-refractivity contribution < 1.29 is 4.74 Å². The van der Waals surface area contributed by atoms with Crippen molar-refractivity contribution in [3.63, 3.8) is 0 Å². The molecular weight excluding hydrogens is 380 g/mol. The van der Waals surface area contributed by atoms with Gasteiger partial charge in [0.05, 0.1) is 17.4 Å². The van der Waals surface area contributed by atoms with Crippen molar-refractivity contribution in [2.24, 2.45) is 11.8 Å². The number of rotatable bonds is 6. The molecule has 2 heterocycles. The maximum absolute atomic E-state index is 12.5. The van der Waals surface area contributed by atoms with E-state index in [4.69, 9.17) is 15.9 Å². The van der Waals surface area contributed by atoms with E-state index in [9.17, 15) is 4.79 Å². The van der Waals surface area contributed by atoms with Gasteiger partial charge in [-0.05, 0) is 74.8 Å². The average molecular weight is 409 g/mol. The number of nitrogens with zero attached hydrogens (tertiary/aromatic N) is 1. The van der Waals surface area contributed by atoms with E-state index in [2.05, 4.69) is 20.8 Å². The third-order valence-electron chi connectivity index (χ3n) is 6.55. The van der Waals surface area contributed by atoms with Gasteiger partial charge in [-0.1, -0.05) is 0 Å². The van der Waals surface area contributed by atoms with E-state index in [0.717, 1.165) is 56.4 Å². The Morgan fingerprint density at radius 2 is 1.97 bits per heavy atom. The van der Waals surface area contributed by atoms with Crippen LogP contribution in [0.3, 0.4) is 0 Å². The molecule has 30 heavy (non-hydrogen) atoms. The second kappa shape index (κ2) is 7.75. The lowest BCUT2D eigenvalue weighted by atomic mass is 10.0. The van der Waals surface area contributed by atoms with E-state index in [1.165, 1.54) is 6.42 Å². The molecule has 1 saturated heterocycles. The Balaban J connectivity index is 1.35. The number of nitrogen functional groups attached to an aromatic ring is 1. The van der Waals surface area contributed by atoms with Crippen LogP contribution in [0.1, 0.15) is 43.2 Å². The zero-order valence-corrected chi connectivity index (χ0v) is 16.9. The highest BCUT2D eigenvalue weighted by molar-refractivity contribution is 6.16. The SMILES string of the molecule is N=C(c1ccc(OC2CC3CC3C2)cc1)c1c(N)n[nH]c(=O)c1NC1CCCNC1. The number of anilines is 2. The monoisotopic (exact) mass is 408 g/mol. The second-order valence-electron chi connectivity index (χ2n) is 8.74. The molecule has 158 valence electrons. The number of hydrogen-bond donors (Lipinski definition) is 5. The summed E-state index contributed by atoms with van der Waals surface area (Å²) in [7, 11) is 0. The van der Waals surface area contributed by atoms with Crippen molar-refractivity contribution in [2.75, 3.05) is 24.1 Å². The zero-order chi connectivity index (χ0) is 20.7. The van der Waals surface area contributed by atoms with Crippen LogP contribution in [-0.2, 0) is 0 Å². The number of H-pyrrole nitrogens is 1. The van der Waals surface area contributed by atoms with E-state index in [1.54, 1.807) is 0 Å². The summed E-state index contributed by atoms with van der Waals surface area (Å²) in [5, 5.41) is 21.7. The molecule has 2 aliphatic carbocycles. The van der Waals surface area contributed by atoms with Crippen molar-refractivity contribution in [3.8, 4) is 5.75 Å². The van der Waals surface area contributed by atoms with Crippen molar-refractivity contribution in [1.82, 2.24) is 15.5 Å². The Morgan fingerprint density at radius 3 is 2.67 bits per heavy atom. The van der Waals surface area contributed by atoms with Gasteiger partial charge in [0.1, 0.15) is 11.4 Å². The molecule has 3 atom stereocenters. The Hall–Kier alpha value is -2.87. The molecule has 1 aromatic carbocycles. The van der Waals surface area contributed by atoms with Crippen molar-refractivity contribution in [3.05, 3.63) is 45.7 Å². The van der Waals surface area contributed by atoms with Crippen LogP contribution in [0.25, 0.3) is 0 Å². The summed E-state index contributed by atoms with van der Waals surface area (Å²) in [6.07, 6.45) is 5.98. The molecule has 6 N–H and O–H groups in total. The predicted octanol–water partition coefficient (Wildman–Crippen LogP) is 2.11. The molecule has 0 spiro atoms. The summed E-state index contributed by atoms with van der Waals surface area (Å²) < 4.78 is 6.10. The molecule has 2 aromatic rings. The summed E-state index contributed by atoms with van der Waals surface area (Å²) in [5.41, 5.74) is 7.21. The van der Waals surface area contributed by atoms with Crippen molar-refractivity contribution in [1.29, 1.82) is 5.41 Å². The van der Waals surface area contributed by atoms with Crippen LogP contribution in [0.5, 0.6) is 5.75 Å². The maximum Gasteiger partial charge on any atom is 0.288 e. The van der Waals surface area contributed by atoms with Gasteiger partial charge in [0.15, 0.2) is 5.82 Å². The van der Waals surface area contributed by atoms with E-state index in [1.807, 2.05) is 24.3 Å². The number of piperidine rings is 1. The Labute approximate surface area is 175 Å². The summed E-state index contributed by atoms with van der Waals surface area (Å²) >= 11 is 0. The van der Waals surface area contributed by atoms with Crippen LogP contribution in [0.2, 0.25) is 0 Å². The van der Waals surface area contributed by atoms with Gasteiger partial charge in [-0.15, -0.1) is 0 Å². The number of benzene rings is 1. The van der Waals surface area contributed by atoms with E-state index in [-0.39, 0.29) is 23.1 Å². The first-order valence-electron chi connectivity index (χ1n) is 10.8. The van der Waals surface area contributed by atoms with Crippen molar-refractivity contribution in [2.45, 2.75) is 44.2 Å². The van der Waals surface area contributed by atoms with Gasteiger partial charge < -0.3 is 21.1 Å². The standard InChI is InChI=1S/C22H28N6O2/c23-19(12-3-5-16(6-4-12)30-17-9-13-8-14(13)10-17)18-20(22(29)28-27-21(18)24)26-15-2-1-7-25-11-15/h3-6,13-15,17,23,25H,1-2,7-11H2,(H,28,29)(H3,24,26,27). The minimum absolute atomic E-state index is 0.113. The normalized spacial score (nSPS) is 27.3. The Bertz CT molecular complexity index is 986. The van der Waals surface area contributed by atoms with E-state index in [0.29, 0.717) is 22.9 Å². The van der Waals surface area contributed by atoms with Crippen LogP contribution in [0.15, 0.2) is 29.1 Å². The highest BCUT2D eigenvalue weighted by Gasteiger charge is 2.46. The van der Waals surface area contributed by atoms with Gasteiger partial charge >= 0.3 is 0 Å². The van der Waals surface area contributed by atoms with Gasteiger partial charge in [-0.2, -0.15) is 5.10 Å². The molecule has 1 aromatic heterocycles. The predicted molar refractivity (Wildman–Crippen MR) is 116 cm³/mol. The third kappa shape index (κ3) is 3.79. The zero-order valence-electron chi connectivity index (χ0n) is 16.9. The number of fused-ring (bicyclic) bond motifs is 1. The largest absolute Gasteiger partial charge is 0.490 e. The molecule has 3 fully saturated rings. The topological polar surface area (TPSA) is 129 Å². The Morgan fingerprint density at radius 1 is 1.20 bits per heavy atom. The van der Waals surface area contributed by atoms with E-state index < -0.39 is 0 Å². The summed E-state index contributed by atoms with van der Waals surface area (Å²) in [5.74, 6) is 2.71. The first-order chi connectivity index (χ1) is 14.6. The molecule has 1 aliphatic heterocycles. The molecule has 3 unspecified atom stereocenters. The lowest BCUT2D eigenvalue weighted by Gasteiger charge is -2.25. The molecule has 0 bridgehead atoms. The molecule has 8 nitrogen and oxygen atoms in total. The fraction of sp³-hybridized carbons (Fsp3) is 0.500. The van der Waals surface area contributed by atoms with E-state index >= 15 is 0 Å². The smallest absolute Gasteiger partial charge is 0.288 e. The molecular formula is C22H28N6O2. The minimum atomic E-state index is -0.366. The van der Waals surface area contributed by atoms with Gasteiger partial charge in [0, 0.05) is 18.2 Å². The molecule has 8 heteroatoms. The van der Waals surface area contributed by atoms with Gasteiger partial charge in [0.2, 0.25) is 0 Å². The van der Waals surface area contributed by atoms with Crippen LogP contribution < -0.4 is 26.7 Å². The Kier molecular flexibility index (Phi) is 4.94. The number of ether oxygens (including phenoxy) is 1. The summed E-state index contributed by atoms with van der Waals surface area (Å²) in [4.78, 5) is 12.5. The average Bonchev–Trinajstić information content (AvgIpc) is 3.37. The van der Waals surface area contributed by atoms with Gasteiger partial charge in [-0.25, -0.2) is 5.10 Å². The molecule has 2 saturated carbocycles. The first kappa shape index (κ1) is 19.1. The lowest BCUT2D eigenvalue weighted by Crippen LogP contribution is -2.40. The van der Waals surface area contributed by atoms with Gasteiger partial charge in [0.25, 0.3) is 5.56 Å². The highest BCUT2D eigenvalue weighted by atomic mass is 16.5. The highest BCUT2D eigenvalue weighted by Crippen LogP contribution is 2.52. The second-order valence-corrected chi connectivity index (χ2v) is 8.74. The number of nitrogens with one attached hydrogen (secondary N) is 4. The van der Waals surface area contributed by atoms with Crippen LogP contribution in [0, 0.1) is 17.2 Å². The van der Waals surface area contributed by atoms with Crippen LogP contribution >= 0.6 is 0 Å². The number of nitrogens with two attached hydrogens (primary N) is 1. The molecule has 5 rings (SSSR count). The quantitative estimate of drug-likeness (QED) is 0.466. The number of aromatic amines is 1. The first-order valence-corrected chi connectivity index (χ1v) is 10.8. The maximum atomic E-state index is 12.5. The fourth-order valence-corrected chi connectivity index (χ4v) is 4.83. The number of aromatic nitrogens is 2. The lowest BCUT2D eigenvalue weighted by molar-refractivity contribution is 0.194. The van der Waals surface area contributed by atoms with Crippen LogP contribution in [-0.4, -0.2) is 41.1 Å². The van der Waals surface area contributed by atoms with Gasteiger partial charge in [-0.3, -0.25) is 10.2 Å². The number of hydrogen-bond acceptors (Lipinski definition) is 7. The van der Waals surface area contributed by atoms with Crippen molar-refractivity contribution >= 4 is 17.2 Å².